The van der Waals surface area contributed by atoms with E-state index in [4.69, 9.17) is 5.11 Å². The molecule has 16 heavy (non-hydrogen) atoms. The van der Waals surface area contributed by atoms with E-state index < -0.39 is 5.97 Å². The number of benzene rings is 1. The van der Waals surface area contributed by atoms with Crippen LogP contribution in [-0.4, -0.2) is 23.1 Å². The third kappa shape index (κ3) is 1.75. The van der Waals surface area contributed by atoms with Crippen LogP contribution >= 0.6 is 0 Å². The Kier molecular flexibility index (Phi) is 2.83. The molecule has 0 aliphatic carbocycles. The first-order valence-corrected chi connectivity index (χ1v) is 4.98. The van der Waals surface area contributed by atoms with Crippen LogP contribution in [0.2, 0.25) is 0 Å². The van der Waals surface area contributed by atoms with E-state index in [0.717, 1.165) is 11.1 Å². The molecule has 0 saturated carbocycles. The molecule has 0 spiro atoms. The summed E-state index contributed by atoms with van der Waals surface area (Å²) in [6, 6.07) is 6.96. The lowest BCUT2D eigenvalue weighted by Crippen LogP contribution is -2.07. The Hall–Kier alpha value is -1.94. The normalized spacial score (nSPS) is 10.6. The highest BCUT2D eigenvalue weighted by molar-refractivity contribution is 6.03. The Morgan fingerprint density at radius 2 is 2.25 bits per heavy atom. The molecule has 4 nitrogen and oxygen atoms in total. The predicted octanol–water partition coefficient (Wildman–Crippen LogP) is 1.65. The zero-order chi connectivity index (χ0) is 11.5. The van der Waals surface area contributed by atoms with Gasteiger partial charge in [-0.2, -0.15) is 0 Å². The number of carboxylic acid groups (broad SMARTS) is 1. The summed E-state index contributed by atoms with van der Waals surface area (Å²) < 4.78 is 0. The number of carbonyl (C=O) groups is 1. The molecule has 0 aliphatic heterocycles. The molecule has 4 heteroatoms. The monoisotopic (exact) mass is 216 g/mol. The minimum Gasteiger partial charge on any atom is -0.478 e. The van der Waals surface area contributed by atoms with Crippen LogP contribution in [0.5, 0.6) is 0 Å². The van der Waals surface area contributed by atoms with Crippen LogP contribution in [-0.2, 0) is 6.54 Å². The van der Waals surface area contributed by atoms with Gasteiger partial charge in [0.25, 0.3) is 0 Å². The largest absolute Gasteiger partial charge is 0.478 e. The summed E-state index contributed by atoms with van der Waals surface area (Å²) in [4.78, 5) is 15.3. The van der Waals surface area contributed by atoms with Gasteiger partial charge < -0.3 is 10.4 Å². The quantitative estimate of drug-likeness (QED) is 0.819. The van der Waals surface area contributed by atoms with Crippen molar-refractivity contribution in [2.75, 3.05) is 7.05 Å². The van der Waals surface area contributed by atoms with Gasteiger partial charge in [-0.1, -0.05) is 12.1 Å². The molecule has 0 unspecified atom stereocenters. The summed E-state index contributed by atoms with van der Waals surface area (Å²) >= 11 is 0. The minimum atomic E-state index is -0.922. The number of nitrogens with one attached hydrogen (secondary N) is 1. The minimum absolute atomic E-state index is 0.294. The average molecular weight is 216 g/mol. The van der Waals surface area contributed by atoms with E-state index in [1.54, 1.807) is 30.5 Å². The van der Waals surface area contributed by atoms with Gasteiger partial charge in [-0.3, -0.25) is 4.98 Å². The summed E-state index contributed by atoms with van der Waals surface area (Å²) in [6.45, 7) is 0.674. The second kappa shape index (κ2) is 4.28. The lowest BCUT2D eigenvalue weighted by molar-refractivity contribution is 0.0699. The van der Waals surface area contributed by atoms with Crippen LogP contribution in [0, 0.1) is 0 Å². The van der Waals surface area contributed by atoms with Crippen molar-refractivity contribution in [3.05, 3.63) is 41.6 Å². The fourth-order valence-electron chi connectivity index (χ4n) is 1.75. The molecule has 0 bridgehead atoms. The first-order chi connectivity index (χ1) is 7.74. The SMILES string of the molecule is CNCc1ccc(C(=O)O)c2cccnc12. The van der Waals surface area contributed by atoms with Crippen LogP contribution in [0.15, 0.2) is 30.5 Å². The molecule has 1 heterocycles. The number of fused-ring (bicyclic) bond motifs is 1. The number of hydrogen-bond acceptors (Lipinski definition) is 3. The number of carboxylic acids is 1. The molecule has 82 valence electrons. The molecule has 0 amide bonds. The predicted molar refractivity (Wildman–Crippen MR) is 61.5 cm³/mol. The van der Waals surface area contributed by atoms with Gasteiger partial charge >= 0.3 is 5.97 Å². The van der Waals surface area contributed by atoms with Gasteiger partial charge in [0.2, 0.25) is 0 Å². The van der Waals surface area contributed by atoms with Gasteiger partial charge in [0.1, 0.15) is 0 Å². The van der Waals surface area contributed by atoms with E-state index in [-0.39, 0.29) is 0 Å². The Balaban J connectivity index is 2.71. The molecular weight excluding hydrogens is 204 g/mol. The van der Waals surface area contributed by atoms with Gasteiger partial charge in [-0.15, -0.1) is 0 Å². The van der Waals surface area contributed by atoms with Crippen LogP contribution < -0.4 is 5.32 Å². The topological polar surface area (TPSA) is 62.2 Å². The number of aromatic carboxylic acids is 1. The highest BCUT2D eigenvalue weighted by Gasteiger charge is 2.11. The molecule has 1 aromatic heterocycles. The second-order valence-electron chi connectivity index (χ2n) is 3.51. The molecule has 0 atom stereocenters. The maximum absolute atomic E-state index is 11.0. The summed E-state index contributed by atoms with van der Waals surface area (Å²) in [7, 11) is 1.85. The molecule has 2 N–H and O–H groups in total. The molecule has 0 aliphatic rings. The highest BCUT2D eigenvalue weighted by atomic mass is 16.4. The summed E-state index contributed by atoms with van der Waals surface area (Å²) in [6.07, 6.45) is 1.67. The average Bonchev–Trinajstić information content (AvgIpc) is 2.29. The van der Waals surface area contributed by atoms with Crippen LogP contribution in [0.3, 0.4) is 0 Å². The summed E-state index contributed by atoms with van der Waals surface area (Å²) in [5, 5.41) is 12.8. The number of nitrogens with zero attached hydrogens (tertiary/aromatic N) is 1. The Labute approximate surface area is 92.9 Å². The van der Waals surface area contributed by atoms with Crippen molar-refractivity contribution < 1.29 is 9.90 Å². The van der Waals surface area contributed by atoms with Crippen LogP contribution in [0.4, 0.5) is 0 Å². The number of hydrogen-bond donors (Lipinski definition) is 2. The third-order valence-corrected chi connectivity index (χ3v) is 2.45. The number of rotatable bonds is 3. The zero-order valence-electron chi connectivity index (χ0n) is 8.90. The van der Waals surface area contributed by atoms with Crippen molar-refractivity contribution in [1.29, 1.82) is 0 Å². The van der Waals surface area contributed by atoms with E-state index in [1.165, 1.54) is 0 Å². The van der Waals surface area contributed by atoms with Crippen molar-refractivity contribution in [2.24, 2.45) is 0 Å². The molecule has 0 radical (unpaired) electrons. The maximum Gasteiger partial charge on any atom is 0.336 e. The van der Waals surface area contributed by atoms with Crippen LogP contribution in [0.1, 0.15) is 15.9 Å². The first-order valence-electron chi connectivity index (χ1n) is 4.98. The van der Waals surface area contributed by atoms with E-state index in [2.05, 4.69) is 10.3 Å². The van der Waals surface area contributed by atoms with Gasteiger partial charge in [-0.05, 0) is 24.7 Å². The van der Waals surface area contributed by atoms with Gasteiger partial charge in [0.05, 0.1) is 11.1 Å². The summed E-state index contributed by atoms with van der Waals surface area (Å²) in [5.41, 5.74) is 2.04. The van der Waals surface area contributed by atoms with Gasteiger partial charge in [-0.25, -0.2) is 4.79 Å². The molecular formula is C12H12N2O2. The molecule has 0 saturated heterocycles. The Morgan fingerprint density at radius 1 is 1.44 bits per heavy atom. The first kappa shape index (κ1) is 10.6. The lowest BCUT2D eigenvalue weighted by Gasteiger charge is -2.07. The van der Waals surface area contributed by atoms with Gasteiger partial charge in [0.15, 0.2) is 0 Å². The smallest absolute Gasteiger partial charge is 0.336 e. The molecule has 1 aromatic carbocycles. The fraction of sp³-hybridized carbons (Fsp3) is 0.167. The standard InChI is InChI=1S/C12H12N2O2/c1-13-7-8-4-5-10(12(15)16)9-3-2-6-14-11(8)9/h2-6,13H,7H2,1H3,(H,15,16). The van der Waals surface area contributed by atoms with E-state index in [0.29, 0.717) is 17.5 Å². The van der Waals surface area contributed by atoms with Crippen molar-refractivity contribution in [1.82, 2.24) is 10.3 Å². The van der Waals surface area contributed by atoms with Crippen LogP contribution in [0.25, 0.3) is 10.9 Å². The summed E-state index contributed by atoms with van der Waals surface area (Å²) in [5.74, 6) is -0.922. The highest BCUT2D eigenvalue weighted by Crippen LogP contribution is 2.20. The van der Waals surface area contributed by atoms with E-state index in [1.807, 2.05) is 7.05 Å². The third-order valence-electron chi connectivity index (χ3n) is 2.45. The number of pyridine rings is 1. The van der Waals surface area contributed by atoms with Crippen molar-refractivity contribution in [2.45, 2.75) is 6.54 Å². The lowest BCUT2D eigenvalue weighted by atomic mass is 10.0. The van der Waals surface area contributed by atoms with E-state index in [9.17, 15) is 4.79 Å². The van der Waals surface area contributed by atoms with Gasteiger partial charge in [0, 0.05) is 18.1 Å². The van der Waals surface area contributed by atoms with Crippen molar-refractivity contribution in [3.63, 3.8) is 0 Å². The molecule has 2 aromatic rings. The van der Waals surface area contributed by atoms with Crippen molar-refractivity contribution in [3.8, 4) is 0 Å². The maximum atomic E-state index is 11.0. The zero-order valence-corrected chi connectivity index (χ0v) is 8.90. The Bertz CT molecular complexity index is 538. The fourth-order valence-corrected chi connectivity index (χ4v) is 1.75. The van der Waals surface area contributed by atoms with E-state index >= 15 is 0 Å². The number of aromatic nitrogens is 1. The molecule has 0 fully saturated rings. The second-order valence-corrected chi connectivity index (χ2v) is 3.51. The molecule has 2 rings (SSSR count). The Morgan fingerprint density at radius 3 is 2.94 bits per heavy atom. The van der Waals surface area contributed by atoms with Crippen molar-refractivity contribution >= 4 is 16.9 Å².